The summed E-state index contributed by atoms with van der Waals surface area (Å²) in [5.74, 6) is 0.976. The van der Waals surface area contributed by atoms with Crippen LogP contribution in [0.3, 0.4) is 0 Å². The highest BCUT2D eigenvalue weighted by Crippen LogP contribution is 2.21. The summed E-state index contributed by atoms with van der Waals surface area (Å²) in [5.41, 5.74) is 1.06. The monoisotopic (exact) mass is 101 g/mol. The molecule has 0 N–H and O–H groups in total. The second-order valence-electron chi connectivity index (χ2n) is 1.23. The van der Waals surface area contributed by atoms with E-state index in [1.54, 1.807) is 11.8 Å². The first-order valence-corrected chi connectivity index (χ1v) is 2.86. The Morgan fingerprint density at radius 1 is 2.00 bits per heavy atom. The van der Waals surface area contributed by atoms with Gasteiger partial charge in [0, 0.05) is 5.75 Å². The van der Waals surface area contributed by atoms with Crippen molar-refractivity contribution in [2.45, 2.75) is 0 Å². The Bertz CT molecular complexity index is 77.6. The first kappa shape index (κ1) is 4.22. The van der Waals surface area contributed by atoms with Crippen molar-refractivity contribution in [2.24, 2.45) is 0 Å². The summed E-state index contributed by atoms with van der Waals surface area (Å²) in [6.07, 6.45) is 0. The van der Waals surface area contributed by atoms with Crippen LogP contribution in [0.5, 0.6) is 0 Å². The summed E-state index contributed by atoms with van der Waals surface area (Å²) >= 11 is 1.71. The Hall–Kier alpha value is 0.0500. The van der Waals surface area contributed by atoms with Gasteiger partial charge in [-0.1, -0.05) is 0 Å². The fraction of sp³-hybridized carbons (Fsp3) is 0.500. The summed E-state index contributed by atoms with van der Waals surface area (Å²) in [6.45, 7) is 0.00694. The molecular formula is C4H5OS. The van der Waals surface area contributed by atoms with Gasteiger partial charge in [-0.2, -0.15) is 0 Å². The summed E-state index contributed by atoms with van der Waals surface area (Å²) in [6, 6.07) is 0. The molecule has 0 spiro atoms. The quantitative estimate of drug-likeness (QED) is 0.483. The molecule has 0 aromatic heterocycles. The Morgan fingerprint density at radius 2 is 2.67 bits per heavy atom. The van der Waals surface area contributed by atoms with E-state index in [2.05, 4.69) is 0 Å². The minimum atomic E-state index is 0.00694. The van der Waals surface area contributed by atoms with Crippen molar-refractivity contribution in [3.05, 3.63) is 11.0 Å². The molecule has 1 radical (unpaired) electrons. The van der Waals surface area contributed by atoms with E-state index in [1.165, 1.54) is 0 Å². The van der Waals surface area contributed by atoms with Crippen LogP contribution < -0.4 is 0 Å². The van der Waals surface area contributed by atoms with E-state index in [0.29, 0.717) is 0 Å². The first-order chi connectivity index (χ1) is 2.93. The molecule has 1 nitrogen and oxygen atoms in total. The minimum Gasteiger partial charge on any atom is -0.232 e. The van der Waals surface area contributed by atoms with E-state index in [4.69, 9.17) is 0 Å². The zero-order valence-corrected chi connectivity index (χ0v) is 4.12. The maximum Gasteiger partial charge on any atom is 0.105 e. The molecular weight excluding hydrogens is 96.1 g/mol. The number of hydrogen-bond acceptors (Lipinski definition) is 1. The highest BCUT2D eigenvalue weighted by molar-refractivity contribution is 8.03. The minimum absolute atomic E-state index is 0.00694. The first-order valence-electron chi connectivity index (χ1n) is 1.81. The predicted molar refractivity (Wildman–Crippen MR) is 26.1 cm³/mol. The molecule has 0 saturated carbocycles. The van der Waals surface area contributed by atoms with Crippen LogP contribution in [-0.4, -0.2) is 12.4 Å². The van der Waals surface area contributed by atoms with Crippen LogP contribution >= 0.6 is 11.8 Å². The van der Waals surface area contributed by atoms with Gasteiger partial charge in [-0.15, -0.1) is 11.8 Å². The second kappa shape index (κ2) is 1.67. The fourth-order valence-electron chi connectivity index (χ4n) is 0.277. The maximum absolute atomic E-state index is 9.83. The van der Waals surface area contributed by atoms with Crippen molar-refractivity contribution in [2.75, 3.05) is 12.4 Å². The van der Waals surface area contributed by atoms with Crippen LogP contribution in [-0.2, 0) is 5.11 Å². The molecule has 0 bridgehead atoms. The van der Waals surface area contributed by atoms with Gasteiger partial charge in [-0.3, -0.25) is 0 Å². The van der Waals surface area contributed by atoms with E-state index < -0.39 is 0 Å². The third-order valence-corrected chi connectivity index (χ3v) is 1.74. The van der Waals surface area contributed by atoms with E-state index in [1.807, 2.05) is 5.41 Å². The van der Waals surface area contributed by atoms with Crippen molar-refractivity contribution in [3.8, 4) is 0 Å². The molecule has 2 heteroatoms. The number of thioether (sulfide) groups is 1. The number of hydrogen-bond donors (Lipinski definition) is 0. The van der Waals surface area contributed by atoms with Crippen LogP contribution in [0.1, 0.15) is 0 Å². The summed E-state index contributed by atoms with van der Waals surface area (Å²) < 4.78 is 0. The Labute approximate surface area is 41.1 Å². The van der Waals surface area contributed by atoms with Crippen LogP contribution in [0.2, 0.25) is 0 Å². The maximum atomic E-state index is 9.83. The highest BCUT2D eigenvalue weighted by Gasteiger charge is 2.02. The normalized spacial score (nSPS) is 19.2. The average Bonchev–Trinajstić information content (AvgIpc) is 1.31. The second-order valence-corrected chi connectivity index (χ2v) is 2.09. The van der Waals surface area contributed by atoms with E-state index in [-0.39, 0.29) is 6.61 Å². The lowest BCUT2D eigenvalue weighted by atomic mass is 10.4. The van der Waals surface area contributed by atoms with E-state index >= 15 is 0 Å². The van der Waals surface area contributed by atoms with Gasteiger partial charge in [0.2, 0.25) is 0 Å². The lowest BCUT2D eigenvalue weighted by Gasteiger charge is -2.07. The summed E-state index contributed by atoms with van der Waals surface area (Å²) in [5, 5.41) is 11.8. The third-order valence-electron chi connectivity index (χ3n) is 0.704. The molecule has 1 rings (SSSR count). The van der Waals surface area contributed by atoms with Crippen LogP contribution in [0, 0.1) is 0 Å². The zero-order valence-electron chi connectivity index (χ0n) is 3.31. The van der Waals surface area contributed by atoms with Crippen molar-refractivity contribution in [3.63, 3.8) is 0 Å². The fourth-order valence-corrected chi connectivity index (χ4v) is 0.831. The van der Waals surface area contributed by atoms with E-state index in [9.17, 15) is 5.11 Å². The standard InChI is InChI=1S/C4H5OS/c5-1-4-2-6-3-4/h2H,1,3H2. The molecule has 33 valence electrons. The lowest BCUT2D eigenvalue weighted by molar-refractivity contribution is 0.223. The topological polar surface area (TPSA) is 19.9 Å². The smallest absolute Gasteiger partial charge is 0.105 e. The largest absolute Gasteiger partial charge is 0.232 e. The van der Waals surface area contributed by atoms with Gasteiger partial charge in [-0.25, -0.2) is 5.11 Å². The van der Waals surface area contributed by atoms with Crippen LogP contribution in [0.25, 0.3) is 0 Å². The Morgan fingerprint density at radius 3 is 2.67 bits per heavy atom. The molecule has 0 atom stereocenters. The van der Waals surface area contributed by atoms with Crippen LogP contribution in [0.15, 0.2) is 11.0 Å². The van der Waals surface area contributed by atoms with Gasteiger partial charge in [0.15, 0.2) is 0 Å². The Kier molecular flexibility index (Phi) is 1.17. The molecule has 6 heavy (non-hydrogen) atoms. The third kappa shape index (κ3) is 0.581. The van der Waals surface area contributed by atoms with Gasteiger partial charge in [0.1, 0.15) is 6.61 Å². The van der Waals surface area contributed by atoms with Crippen LogP contribution in [0.4, 0.5) is 0 Å². The van der Waals surface area contributed by atoms with Crippen molar-refractivity contribution >= 4 is 11.8 Å². The molecule has 0 aliphatic carbocycles. The average molecular weight is 101 g/mol. The molecule has 0 unspecified atom stereocenters. The molecule has 0 saturated heterocycles. The van der Waals surface area contributed by atoms with Gasteiger partial charge in [0.25, 0.3) is 0 Å². The lowest BCUT2D eigenvalue weighted by Crippen LogP contribution is -1.97. The van der Waals surface area contributed by atoms with Gasteiger partial charge in [0.05, 0.1) is 0 Å². The molecule has 1 aliphatic rings. The van der Waals surface area contributed by atoms with Gasteiger partial charge in [-0.05, 0) is 11.0 Å². The summed E-state index contributed by atoms with van der Waals surface area (Å²) in [7, 11) is 0. The zero-order chi connectivity index (χ0) is 4.41. The predicted octanol–water partition coefficient (Wildman–Crippen LogP) is 1.05. The summed E-state index contributed by atoms with van der Waals surface area (Å²) in [4.78, 5) is 0. The van der Waals surface area contributed by atoms with Crippen molar-refractivity contribution in [1.29, 1.82) is 0 Å². The van der Waals surface area contributed by atoms with Gasteiger partial charge >= 0.3 is 0 Å². The molecule has 0 aromatic carbocycles. The van der Waals surface area contributed by atoms with Crippen molar-refractivity contribution < 1.29 is 5.11 Å². The van der Waals surface area contributed by atoms with E-state index in [0.717, 1.165) is 11.3 Å². The molecule has 0 fully saturated rings. The number of rotatable bonds is 1. The highest BCUT2D eigenvalue weighted by atomic mass is 32.2. The molecule has 0 aromatic rings. The van der Waals surface area contributed by atoms with Crippen molar-refractivity contribution in [1.82, 2.24) is 0 Å². The van der Waals surface area contributed by atoms with Gasteiger partial charge < -0.3 is 0 Å². The molecule has 1 heterocycles. The Balaban J connectivity index is 2.32. The molecule has 1 aliphatic heterocycles. The molecule has 0 amide bonds. The SMILES string of the molecule is [O]CC1=CSC1.